The minimum Gasteiger partial charge on any atom is -0.351 e. The van der Waals surface area contributed by atoms with Gasteiger partial charge in [-0.15, -0.1) is 0 Å². The molecule has 2 aromatic heterocycles. The first-order chi connectivity index (χ1) is 13.7. The zero-order valence-electron chi connectivity index (χ0n) is 15.8. The van der Waals surface area contributed by atoms with Gasteiger partial charge in [-0.1, -0.05) is 60.4 Å². The molecule has 0 bridgehead atoms. The van der Waals surface area contributed by atoms with Gasteiger partial charge in [-0.05, 0) is 24.3 Å². The molecule has 1 atom stereocenters. The number of benzene rings is 1. The van der Waals surface area contributed by atoms with E-state index >= 15 is 0 Å². The number of hydrogen-bond acceptors (Lipinski definition) is 7. The molecule has 1 aliphatic rings. The number of aromatic nitrogens is 3. The van der Waals surface area contributed by atoms with E-state index in [-0.39, 0.29) is 5.91 Å². The van der Waals surface area contributed by atoms with Gasteiger partial charge < -0.3 is 10.2 Å². The van der Waals surface area contributed by atoms with E-state index in [1.165, 1.54) is 30.9 Å². The van der Waals surface area contributed by atoms with Gasteiger partial charge >= 0.3 is 0 Å². The number of thioether (sulfide) groups is 1. The SMILES string of the molecule is C[C@@H]1CCCN(c2nc3ncnc(SCC(=O)NCc4ccccc4)c3s2)C1. The van der Waals surface area contributed by atoms with Crippen molar-refractivity contribution in [1.82, 2.24) is 20.3 Å². The maximum atomic E-state index is 12.2. The number of thiazole rings is 1. The number of hydrogen-bond donors (Lipinski definition) is 1. The van der Waals surface area contributed by atoms with Crippen molar-refractivity contribution in [3.8, 4) is 0 Å². The summed E-state index contributed by atoms with van der Waals surface area (Å²) < 4.78 is 0.969. The van der Waals surface area contributed by atoms with Crippen LogP contribution in [-0.2, 0) is 11.3 Å². The van der Waals surface area contributed by atoms with Crippen molar-refractivity contribution < 1.29 is 4.79 Å². The lowest BCUT2D eigenvalue weighted by Crippen LogP contribution is -2.34. The highest BCUT2D eigenvalue weighted by atomic mass is 32.2. The molecule has 0 radical (unpaired) electrons. The Morgan fingerprint density at radius 1 is 1.32 bits per heavy atom. The number of carbonyl (C=O) groups excluding carboxylic acids is 1. The summed E-state index contributed by atoms with van der Waals surface area (Å²) in [6, 6.07) is 9.91. The van der Waals surface area contributed by atoms with Crippen molar-refractivity contribution in [3.63, 3.8) is 0 Å². The van der Waals surface area contributed by atoms with Gasteiger partial charge in [0, 0.05) is 19.6 Å². The summed E-state index contributed by atoms with van der Waals surface area (Å²) in [5.41, 5.74) is 1.81. The number of anilines is 1. The van der Waals surface area contributed by atoms with Gasteiger partial charge in [-0.2, -0.15) is 4.98 Å². The van der Waals surface area contributed by atoms with E-state index in [2.05, 4.69) is 27.1 Å². The third-order valence-electron chi connectivity index (χ3n) is 4.75. The van der Waals surface area contributed by atoms with E-state index in [9.17, 15) is 4.79 Å². The van der Waals surface area contributed by atoms with Crippen LogP contribution in [0.2, 0.25) is 0 Å². The molecule has 28 heavy (non-hydrogen) atoms. The van der Waals surface area contributed by atoms with E-state index in [0.29, 0.717) is 18.2 Å². The molecule has 8 heteroatoms. The molecule has 0 aliphatic carbocycles. The van der Waals surface area contributed by atoms with Gasteiger partial charge in [0.05, 0.1) is 5.75 Å². The van der Waals surface area contributed by atoms with Crippen LogP contribution in [-0.4, -0.2) is 39.7 Å². The van der Waals surface area contributed by atoms with Gasteiger partial charge in [0.25, 0.3) is 0 Å². The largest absolute Gasteiger partial charge is 0.351 e. The molecule has 3 aromatic rings. The standard InChI is InChI=1S/C20H23N5OS2/c1-14-6-5-9-25(11-14)20-24-18-17(28-20)19(23-13-22-18)27-12-16(26)21-10-15-7-3-2-4-8-15/h2-4,7-8,13-14H,5-6,9-12H2,1H3,(H,21,26)/t14-/m1/s1. The summed E-state index contributed by atoms with van der Waals surface area (Å²) in [6.07, 6.45) is 4.02. The molecule has 1 fully saturated rings. The van der Waals surface area contributed by atoms with Crippen LogP contribution in [0.25, 0.3) is 10.3 Å². The lowest BCUT2D eigenvalue weighted by atomic mass is 10.0. The molecule has 4 rings (SSSR count). The molecule has 1 N–H and O–H groups in total. The van der Waals surface area contributed by atoms with E-state index in [1.54, 1.807) is 11.3 Å². The van der Waals surface area contributed by atoms with Crippen LogP contribution in [0.1, 0.15) is 25.3 Å². The van der Waals surface area contributed by atoms with Crippen molar-refractivity contribution in [2.24, 2.45) is 5.92 Å². The average molecular weight is 414 g/mol. The van der Waals surface area contributed by atoms with E-state index < -0.39 is 0 Å². The lowest BCUT2D eigenvalue weighted by molar-refractivity contribution is -0.118. The maximum absolute atomic E-state index is 12.2. The number of nitrogens with zero attached hydrogens (tertiary/aromatic N) is 4. The van der Waals surface area contributed by atoms with Crippen LogP contribution < -0.4 is 10.2 Å². The third-order valence-corrected chi connectivity index (χ3v) is 6.98. The smallest absolute Gasteiger partial charge is 0.230 e. The Morgan fingerprint density at radius 3 is 3.00 bits per heavy atom. The van der Waals surface area contributed by atoms with Crippen LogP contribution in [0.4, 0.5) is 5.13 Å². The Balaban J connectivity index is 1.40. The summed E-state index contributed by atoms with van der Waals surface area (Å²) >= 11 is 3.07. The van der Waals surface area contributed by atoms with E-state index in [1.807, 2.05) is 30.3 Å². The first-order valence-electron chi connectivity index (χ1n) is 9.49. The number of nitrogens with one attached hydrogen (secondary N) is 1. The molecule has 1 aliphatic heterocycles. The van der Waals surface area contributed by atoms with Crippen LogP contribution in [0.3, 0.4) is 0 Å². The fraction of sp³-hybridized carbons (Fsp3) is 0.400. The fourth-order valence-electron chi connectivity index (χ4n) is 3.31. The summed E-state index contributed by atoms with van der Waals surface area (Å²) in [4.78, 5) is 28.0. The first-order valence-corrected chi connectivity index (χ1v) is 11.3. The van der Waals surface area contributed by atoms with Crippen molar-refractivity contribution in [2.45, 2.75) is 31.3 Å². The molecule has 0 unspecified atom stereocenters. The number of rotatable bonds is 6. The minimum atomic E-state index is -0.00444. The number of fused-ring (bicyclic) bond motifs is 1. The van der Waals surface area contributed by atoms with Crippen LogP contribution >= 0.6 is 23.1 Å². The molecule has 3 heterocycles. The first kappa shape index (κ1) is 19.1. The highest BCUT2D eigenvalue weighted by Crippen LogP contribution is 2.35. The highest BCUT2D eigenvalue weighted by Gasteiger charge is 2.21. The molecular weight excluding hydrogens is 390 g/mol. The molecule has 1 aromatic carbocycles. The molecule has 0 saturated carbocycles. The van der Waals surface area contributed by atoms with Crippen molar-refractivity contribution in [2.75, 3.05) is 23.7 Å². The monoisotopic (exact) mass is 413 g/mol. The summed E-state index contributed by atoms with van der Waals surface area (Å²) in [5, 5.41) is 4.79. The quantitative estimate of drug-likeness (QED) is 0.490. The molecule has 1 amide bonds. The predicted molar refractivity (Wildman–Crippen MR) is 115 cm³/mol. The minimum absolute atomic E-state index is 0.00444. The summed E-state index contributed by atoms with van der Waals surface area (Å²) in [6.45, 7) is 4.91. The molecular formula is C20H23N5OS2. The second-order valence-corrected chi connectivity index (χ2v) is 9.01. The average Bonchev–Trinajstić information content (AvgIpc) is 3.16. The van der Waals surface area contributed by atoms with E-state index in [0.717, 1.165) is 39.2 Å². The Hall–Kier alpha value is -2.19. The number of carbonyl (C=O) groups is 1. The van der Waals surface area contributed by atoms with Crippen LogP contribution in [0.5, 0.6) is 0 Å². The van der Waals surface area contributed by atoms with Crippen molar-refractivity contribution in [3.05, 3.63) is 42.2 Å². The van der Waals surface area contributed by atoms with Crippen LogP contribution in [0, 0.1) is 5.92 Å². The zero-order chi connectivity index (χ0) is 19.3. The molecule has 146 valence electrons. The van der Waals surface area contributed by atoms with Gasteiger partial charge in [-0.3, -0.25) is 4.79 Å². The molecule has 6 nitrogen and oxygen atoms in total. The van der Waals surface area contributed by atoms with Gasteiger partial charge in [0.15, 0.2) is 10.8 Å². The second-order valence-electron chi connectivity index (χ2n) is 7.07. The highest BCUT2D eigenvalue weighted by molar-refractivity contribution is 8.00. The van der Waals surface area contributed by atoms with Gasteiger partial charge in [0.1, 0.15) is 16.1 Å². The molecule has 0 spiro atoms. The molecule has 1 saturated heterocycles. The van der Waals surface area contributed by atoms with Gasteiger partial charge in [0.2, 0.25) is 5.91 Å². The summed E-state index contributed by atoms with van der Waals surface area (Å²) in [7, 11) is 0. The number of piperidine rings is 1. The topological polar surface area (TPSA) is 71.0 Å². The predicted octanol–water partition coefficient (Wildman–Crippen LogP) is 3.73. The van der Waals surface area contributed by atoms with E-state index in [4.69, 9.17) is 4.98 Å². The Morgan fingerprint density at radius 2 is 2.18 bits per heavy atom. The normalized spacial score (nSPS) is 17.0. The van der Waals surface area contributed by atoms with Crippen molar-refractivity contribution >= 4 is 44.5 Å². The lowest BCUT2D eigenvalue weighted by Gasteiger charge is -2.30. The third kappa shape index (κ3) is 4.62. The number of amides is 1. The second kappa shape index (κ2) is 8.87. The maximum Gasteiger partial charge on any atom is 0.230 e. The van der Waals surface area contributed by atoms with Crippen LogP contribution in [0.15, 0.2) is 41.7 Å². The van der Waals surface area contributed by atoms with Crippen molar-refractivity contribution in [1.29, 1.82) is 0 Å². The Labute approximate surface area is 172 Å². The zero-order valence-corrected chi connectivity index (χ0v) is 17.4. The fourth-order valence-corrected chi connectivity index (χ4v) is 5.26. The summed E-state index contributed by atoms with van der Waals surface area (Å²) in [5.74, 6) is 1.01. The Kier molecular flexibility index (Phi) is 6.07. The Bertz CT molecular complexity index is 946. The van der Waals surface area contributed by atoms with Gasteiger partial charge in [-0.25, -0.2) is 9.97 Å².